The lowest BCUT2D eigenvalue weighted by atomic mass is 10.1. The highest BCUT2D eigenvalue weighted by Gasteiger charge is 2.14. The number of amides is 1. The van der Waals surface area contributed by atoms with Crippen molar-refractivity contribution in [2.24, 2.45) is 0 Å². The predicted molar refractivity (Wildman–Crippen MR) is 96.4 cm³/mol. The summed E-state index contributed by atoms with van der Waals surface area (Å²) in [5.74, 6) is 0.612. The van der Waals surface area contributed by atoms with Crippen molar-refractivity contribution >= 4 is 15.9 Å². The van der Waals surface area contributed by atoms with E-state index in [1.807, 2.05) is 30.3 Å². The molecule has 0 aliphatic carbocycles. The van der Waals surface area contributed by atoms with Crippen LogP contribution in [0.4, 0.5) is 0 Å². The highest BCUT2D eigenvalue weighted by molar-refractivity contribution is 7.89. The maximum absolute atomic E-state index is 12.1. The number of sulfonamides is 1. The van der Waals surface area contributed by atoms with Crippen LogP contribution in [0.3, 0.4) is 0 Å². The summed E-state index contributed by atoms with van der Waals surface area (Å²) < 4.78 is 31.9. The van der Waals surface area contributed by atoms with Gasteiger partial charge in [-0.2, -0.15) is 0 Å². The predicted octanol–water partition coefficient (Wildman–Crippen LogP) is 2.18. The quantitative estimate of drug-likeness (QED) is 0.701. The van der Waals surface area contributed by atoms with Crippen LogP contribution in [0.5, 0.6) is 0 Å². The van der Waals surface area contributed by atoms with Crippen LogP contribution in [0.1, 0.15) is 24.7 Å². The number of hydrogen-bond acceptors (Lipinski definition) is 4. The van der Waals surface area contributed by atoms with Gasteiger partial charge in [0.2, 0.25) is 15.9 Å². The third-order valence-electron chi connectivity index (χ3n) is 3.80. The van der Waals surface area contributed by atoms with Crippen molar-refractivity contribution in [3.8, 4) is 0 Å². The van der Waals surface area contributed by atoms with Crippen LogP contribution in [0.25, 0.3) is 0 Å². The van der Waals surface area contributed by atoms with Crippen molar-refractivity contribution in [1.82, 2.24) is 9.62 Å². The molecule has 0 aliphatic heterocycles. The average Bonchev–Trinajstić information content (AvgIpc) is 3.07. The Labute approximate surface area is 148 Å². The lowest BCUT2D eigenvalue weighted by Gasteiger charge is -2.20. The van der Waals surface area contributed by atoms with Crippen LogP contribution >= 0.6 is 0 Å². The largest absolute Gasteiger partial charge is 0.467 e. The number of nitrogens with zero attached hydrogens (tertiary/aromatic N) is 1. The number of rotatable bonds is 10. The van der Waals surface area contributed by atoms with Gasteiger partial charge in [0.05, 0.1) is 18.6 Å². The first-order chi connectivity index (χ1) is 12.0. The lowest BCUT2D eigenvalue weighted by Crippen LogP contribution is -2.37. The van der Waals surface area contributed by atoms with Gasteiger partial charge >= 0.3 is 0 Å². The van der Waals surface area contributed by atoms with Gasteiger partial charge in [0.15, 0.2) is 0 Å². The van der Waals surface area contributed by atoms with Gasteiger partial charge in [-0.15, -0.1) is 0 Å². The summed E-state index contributed by atoms with van der Waals surface area (Å²) in [5.41, 5.74) is 1.12. The maximum atomic E-state index is 12.1. The number of nitrogens with one attached hydrogen (secondary N) is 1. The number of aryl methyl sites for hydroxylation is 1. The zero-order valence-corrected chi connectivity index (χ0v) is 15.2. The second-order valence-electron chi connectivity index (χ2n) is 5.82. The topological polar surface area (TPSA) is 79.6 Å². The van der Waals surface area contributed by atoms with Crippen LogP contribution in [-0.2, 0) is 27.8 Å². The molecule has 2 rings (SSSR count). The third kappa shape index (κ3) is 7.11. The van der Waals surface area contributed by atoms with Crippen LogP contribution in [0.15, 0.2) is 53.1 Å². The molecule has 0 fully saturated rings. The lowest BCUT2D eigenvalue weighted by molar-refractivity contribution is -0.129. The number of carbonyl (C=O) groups excluding carboxylic acids is 1. The smallest absolute Gasteiger partial charge is 0.219 e. The van der Waals surface area contributed by atoms with Gasteiger partial charge in [-0.25, -0.2) is 13.1 Å². The Morgan fingerprint density at radius 1 is 1.16 bits per heavy atom. The molecule has 1 amide bonds. The number of furan rings is 1. The minimum Gasteiger partial charge on any atom is -0.467 e. The van der Waals surface area contributed by atoms with E-state index in [1.165, 1.54) is 6.92 Å². The van der Waals surface area contributed by atoms with E-state index in [9.17, 15) is 13.2 Å². The second kappa shape index (κ2) is 9.39. The molecule has 136 valence electrons. The van der Waals surface area contributed by atoms with Gasteiger partial charge in [0.25, 0.3) is 0 Å². The van der Waals surface area contributed by atoms with Gasteiger partial charge in [-0.05, 0) is 30.5 Å². The normalized spacial score (nSPS) is 11.4. The molecule has 1 N–H and O–H groups in total. The number of benzene rings is 1. The fourth-order valence-corrected chi connectivity index (χ4v) is 3.53. The second-order valence-corrected chi connectivity index (χ2v) is 7.75. The van der Waals surface area contributed by atoms with Crippen molar-refractivity contribution in [2.45, 2.75) is 26.3 Å². The van der Waals surface area contributed by atoms with E-state index in [-0.39, 0.29) is 18.2 Å². The van der Waals surface area contributed by atoms with E-state index in [4.69, 9.17) is 4.42 Å². The van der Waals surface area contributed by atoms with E-state index >= 15 is 0 Å². The summed E-state index contributed by atoms with van der Waals surface area (Å²) in [5, 5.41) is 0. The molecule has 0 bridgehead atoms. The van der Waals surface area contributed by atoms with Gasteiger partial charge in [0, 0.05) is 20.0 Å². The first kappa shape index (κ1) is 19.2. The van der Waals surface area contributed by atoms with E-state index in [1.54, 1.807) is 23.3 Å². The molecule has 0 atom stereocenters. The summed E-state index contributed by atoms with van der Waals surface area (Å²) in [6.07, 6.45) is 2.82. The van der Waals surface area contributed by atoms with Crippen molar-refractivity contribution in [1.29, 1.82) is 0 Å². The SMILES string of the molecule is CC(=O)N(CCNS(=O)(=O)CCCc1ccccc1)Cc1ccco1. The van der Waals surface area contributed by atoms with Crippen molar-refractivity contribution in [3.05, 3.63) is 60.1 Å². The van der Waals surface area contributed by atoms with Gasteiger partial charge in [-0.3, -0.25) is 4.79 Å². The van der Waals surface area contributed by atoms with Crippen LogP contribution in [-0.4, -0.2) is 38.1 Å². The molecule has 1 heterocycles. The van der Waals surface area contributed by atoms with Crippen LogP contribution < -0.4 is 4.72 Å². The molecule has 0 spiro atoms. The minimum atomic E-state index is -3.35. The summed E-state index contributed by atoms with van der Waals surface area (Å²) in [7, 11) is -3.35. The molecule has 7 heteroatoms. The first-order valence-electron chi connectivity index (χ1n) is 8.25. The molecule has 0 unspecified atom stereocenters. The fraction of sp³-hybridized carbons (Fsp3) is 0.389. The molecule has 0 aliphatic rings. The Hall–Kier alpha value is -2.12. The van der Waals surface area contributed by atoms with Gasteiger partial charge < -0.3 is 9.32 Å². The zero-order chi connectivity index (χ0) is 18.1. The molecule has 0 saturated carbocycles. The van der Waals surface area contributed by atoms with Gasteiger partial charge in [0.1, 0.15) is 5.76 Å². The Morgan fingerprint density at radius 3 is 2.56 bits per heavy atom. The van der Waals surface area contributed by atoms with E-state index in [2.05, 4.69) is 4.72 Å². The molecule has 1 aromatic heterocycles. The van der Waals surface area contributed by atoms with Crippen molar-refractivity contribution < 1.29 is 17.6 Å². The monoisotopic (exact) mass is 364 g/mol. The first-order valence-corrected chi connectivity index (χ1v) is 9.91. The van der Waals surface area contributed by atoms with Crippen molar-refractivity contribution in [2.75, 3.05) is 18.8 Å². The maximum Gasteiger partial charge on any atom is 0.219 e. The van der Waals surface area contributed by atoms with Crippen LogP contribution in [0.2, 0.25) is 0 Å². The Bertz CT molecular complexity index is 743. The third-order valence-corrected chi connectivity index (χ3v) is 5.27. The summed E-state index contributed by atoms with van der Waals surface area (Å²) in [6, 6.07) is 13.3. The van der Waals surface area contributed by atoms with E-state index in [0.29, 0.717) is 25.3 Å². The highest BCUT2D eigenvalue weighted by Crippen LogP contribution is 2.06. The van der Waals surface area contributed by atoms with Crippen LogP contribution in [0, 0.1) is 0 Å². The number of carbonyl (C=O) groups is 1. The summed E-state index contributed by atoms with van der Waals surface area (Å²) in [6.45, 7) is 2.28. The van der Waals surface area contributed by atoms with Gasteiger partial charge in [-0.1, -0.05) is 30.3 Å². The standard InChI is InChI=1S/C18H24N2O4S/c1-16(21)20(15-18-10-5-13-24-18)12-11-19-25(22,23)14-6-9-17-7-3-2-4-8-17/h2-5,7-8,10,13,19H,6,9,11-12,14-15H2,1H3. The molecular formula is C18H24N2O4S. The molecule has 6 nitrogen and oxygen atoms in total. The Morgan fingerprint density at radius 2 is 1.92 bits per heavy atom. The molecule has 1 aromatic carbocycles. The molecule has 2 aromatic rings. The molecule has 0 radical (unpaired) electrons. The summed E-state index contributed by atoms with van der Waals surface area (Å²) in [4.78, 5) is 13.2. The Balaban J connectivity index is 1.73. The molecule has 25 heavy (non-hydrogen) atoms. The highest BCUT2D eigenvalue weighted by atomic mass is 32.2. The fourth-order valence-electron chi connectivity index (χ4n) is 2.46. The zero-order valence-electron chi connectivity index (χ0n) is 14.3. The van der Waals surface area contributed by atoms with E-state index in [0.717, 1.165) is 12.0 Å². The van der Waals surface area contributed by atoms with E-state index < -0.39 is 10.0 Å². The van der Waals surface area contributed by atoms with Crippen molar-refractivity contribution in [3.63, 3.8) is 0 Å². The average molecular weight is 364 g/mol. The molecular weight excluding hydrogens is 340 g/mol. The minimum absolute atomic E-state index is 0.0696. The summed E-state index contributed by atoms with van der Waals surface area (Å²) >= 11 is 0. The molecule has 0 saturated heterocycles. The number of hydrogen-bond donors (Lipinski definition) is 1. The Kier molecular flexibility index (Phi) is 7.21.